The Bertz CT molecular complexity index is 807. The predicted octanol–water partition coefficient (Wildman–Crippen LogP) is 6.68. The molecule has 0 atom stereocenters. The Labute approximate surface area is 151 Å². The second-order valence-corrected chi connectivity index (χ2v) is 6.07. The van der Waals surface area contributed by atoms with Gasteiger partial charge in [-0.15, -0.1) is 0 Å². The number of alkyl halides is 3. The van der Waals surface area contributed by atoms with E-state index in [4.69, 9.17) is 0 Å². The van der Waals surface area contributed by atoms with Crippen LogP contribution in [0.2, 0.25) is 0 Å². The van der Waals surface area contributed by atoms with E-state index < -0.39 is 11.7 Å². The minimum Gasteiger partial charge on any atom is -0.166 e. The molecule has 0 aliphatic carbocycles. The van der Waals surface area contributed by atoms with Crippen LogP contribution in [0.5, 0.6) is 0 Å². The third-order valence-electron chi connectivity index (χ3n) is 4.28. The maximum Gasteiger partial charge on any atom is 0.413 e. The highest BCUT2D eigenvalue weighted by Crippen LogP contribution is 2.38. The third kappa shape index (κ3) is 4.42. The van der Waals surface area contributed by atoms with Gasteiger partial charge in [0.05, 0.1) is 0 Å². The van der Waals surface area contributed by atoms with Gasteiger partial charge in [0.2, 0.25) is 0 Å². The van der Waals surface area contributed by atoms with Crippen LogP contribution in [-0.2, 0) is 6.42 Å². The van der Waals surface area contributed by atoms with E-state index in [1.807, 2.05) is 42.5 Å². The highest BCUT2D eigenvalue weighted by atomic mass is 19.4. The first-order chi connectivity index (χ1) is 12.6. The van der Waals surface area contributed by atoms with E-state index in [-0.39, 0.29) is 12.0 Å². The highest BCUT2D eigenvalue weighted by molar-refractivity contribution is 5.82. The van der Waals surface area contributed by atoms with Crippen LogP contribution < -0.4 is 0 Å². The molecule has 0 aromatic heterocycles. The molecule has 0 heterocycles. The predicted molar refractivity (Wildman–Crippen MR) is 99.7 cm³/mol. The number of halogens is 3. The molecule has 0 nitrogen and oxygen atoms in total. The van der Waals surface area contributed by atoms with Crippen molar-refractivity contribution >= 4 is 5.57 Å². The normalized spacial score (nSPS) is 11.2. The molecule has 3 aromatic rings. The van der Waals surface area contributed by atoms with Gasteiger partial charge in [-0.2, -0.15) is 13.2 Å². The molecule has 3 rings (SSSR count). The second kappa shape index (κ2) is 8.05. The molecule has 3 aromatic carbocycles. The standard InChI is InChI=1S/C23H19F3/c24-23(25,26)21(17-16-18-10-4-1-5-11-18)22(19-12-6-2-7-13-19)20-14-8-3-9-15-20/h1-15H,16-17H2. The zero-order valence-corrected chi connectivity index (χ0v) is 14.2. The molecular weight excluding hydrogens is 333 g/mol. The summed E-state index contributed by atoms with van der Waals surface area (Å²) in [5, 5.41) is 0. The lowest BCUT2D eigenvalue weighted by atomic mass is 9.90. The SMILES string of the molecule is FC(F)(F)C(CCc1ccccc1)=C(c1ccccc1)c1ccccc1. The van der Waals surface area contributed by atoms with Gasteiger partial charge < -0.3 is 0 Å². The van der Waals surface area contributed by atoms with Crippen LogP contribution >= 0.6 is 0 Å². The average Bonchev–Trinajstić information content (AvgIpc) is 2.66. The van der Waals surface area contributed by atoms with Crippen LogP contribution in [0.1, 0.15) is 23.1 Å². The third-order valence-corrected chi connectivity index (χ3v) is 4.28. The van der Waals surface area contributed by atoms with Gasteiger partial charge in [-0.3, -0.25) is 0 Å². The molecule has 0 amide bonds. The van der Waals surface area contributed by atoms with E-state index in [1.165, 1.54) is 0 Å². The zero-order valence-electron chi connectivity index (χ0n) is 14.2. The Morgan fingerprint density at radius 3 is 1.46 bits per heavy atom. The molecule has 0 aliphatic heterocycles. The van der Waals surface area contributed by atoms with E-state index in [2.05, 4.69) is 0 Å². The van der Waals surface area contributed by atoms with Gasteiger partial charge >= 0.3 is 6.18 Å². The van der Waals surface area contributed by atoms with E-state index in [1.54, 1.807) is 48.5 Å². The van der Waals surface area contributed by atoms with Crippen LogP contribution in [0.4, 0.5) is 13.2 Å². The Kier molecular flexibility index (Phi) is 5.57. The van der Waals surface area contributed by atoms with Gasteiger partial charge in [0.1, 0.15) is 0 Å². The number of allylic oxidation sites excluding steroid dienone is 1. The van der Waals surface area contributed by atoms with Crippen molar-refractivity contribution in [1.82, 2.24) is 0 Å². The fourth-order valence-electron chi connectivity index (χ4n) is 3.05. The van der Waals surface area contributed by atoms with Crippen LogP contribution in [-0.4, -0.2) is 6.18 Å². The summed E-state index contributed by atoms with van der Waals surface area (Å²) in [4.78, 5) is 0. The molecule has 26 heavy (non-hydrogen) atoms. The zero-order chi connectivity index (χ0) is 18.4. The molecule has 3 heteroatoms. The summed E-state index contributed by atoms with van der Waals surface area (Å²) in [5.74, 6) is 0. The lowest BCUT2D eigenvalue weighted by molar-refractivity contribution is -0.0932. The number of benzene rings is 3. The summed E-state index contributed by atoms with van der Waals surface area (Å²) >= 11 is 0. The summed E-state index contributed by atoms with van der Waals surface area (Å²) in [6.45, 7) is 0. The van der Waals surface area contributed by atoms with Crippen molar-refractivity contribution in [2.45, 2.75) is 19.0 Å². The number of hydrogen-bond acceptors (Lipinski definition) is 0. The lowest BCUT2D eigenvalue weighted by Gasteiger charge is -2.19. The van der Waals surface area contributed by atoms with Crippen LogP contribution in [0.25, 0.3) is 5.57 Å². The fraction of sp³-hybridized carbons (Fsp3) is 0.130. The minimum atomic E-state index is -4.39. The van der Waals surface area contributed by atoms with E-state index in [9.17, 15) is 13.2 Å². The summed E-state index contributed by atoms with van der Waals surface area (Å²) in [6.07, 6.45) is -4.11. The molecule has 0 aliphatic rings. The van der Waals surface area contributed by atoms with E-state index in [0.717, 1.165) is 5.56 Å². The van der Waals surface area contributed by atoms with E-state index >= 15 is 0 Å². The topological polar surface area (TPSA) is 0 Å². The molecule has 0 spiro atoms. The van der Waals surface area contributed by atoms with Crippen molar-refractivity contribution in [3.8, 4) is 0 Å². The molecule has 0 unspecified atom stereocenters. The van der Waals surface area contributed by atoms with Crippen molar-refractivity contribution in [1.29, 1.82) is 0 Å². The minimum absolute atomic E-state index is 0.0629. The molecular formula is C23H19F3. The van der Waals surface area contributed by atoms with Crippen LogP contribution in [0.15, 0.2) is 96.6 Å². The maximum absolute atomic E-state index is 14.0. The summed E-state index contributed by atoms with van der Waals surface area (Å²) in [6, 6.07) is 26.9. The summed E-state index contributed by atoms with van der Waals surface area (Å²) in [7, 11) is 0. The Balaban J connectivity index is 2.11. The van der Waals surface area contributed by atoms with Gasteiger partial charge in [-0.1, -0.05) is 91.0 Å². The van der Waals surface area contributed by atoms with Crippen molar-refractivity contribution in [3.05, 3.63) is 113 Å². The Hall–Kier alpha value is -2.81. The Morgan fingerprint density at radius 1 is 0.615 bits per heavy atom. The summed E-state index contributed by atoms with van der Waals surface area (Å²) < 4.78 is 42.0. The molecule has 0 N–H and O–H groups in total. The average molecular weight is 352 g/mol. The van der Waals surface area contributed by atoms with Gasteiger partial charge in [0.25, 0.3) is 0 Å². The van der Waals surface area contributed by atoms with Gasteiger partial charge in [-0.05, 0) is 35.1 Å². The molecule has 0 fully saturated rings. The molecule has 132 valence electrons. The molecule has 0 saturated heterocycles. The Morgan fingerprint density at radius 2 is 1.04 bits per heavy atom. The van der Waals surface area contributed by atoms with Crippen LogP contribution in [0, 0.1) is 0 Å². The number of hydrogen-bond donors (Lipinski definition) is 0. The molecule has 0 radical (unpaired) electrons. The second-order valence-electron chi connectivity index (χ2n) is 6.07. The van der Waals surface area contributed by atoms with Crippen molar-refractivity contribution in [2.24, 2.45) is 0 Å². The molecule has 0 saturated carbocycles. The number of aryl methyl sites for hydroxylation is 1. The monoisotopic (exact) mass is 352 g/mol. The smallest absolute Gasteiger partial charge is 0.166 e. The largest absolute Gasteiger partial charge is 0.413 e. The van der Waals surface area contributed by atoms with Crippen molar-refractivity contribution in [3.63, 3.8) is 0 Å². The van der Waals surface area contributed by atoms with Crippen molar-refractivity contribution in [2.75, 3.05) is 0 Å². The quantitative estimate of drug-likeness (QED) is 0.480. The number of rotatable bonds is 5. The van der Waals surface area contributed by atoms with Gasteiger partial charge in [0, 0.05) is 5.57 Å². The van der Waals surface area contributed by atoms with E-state index in [0.29, 0.717) is 17.5 Å². The van der Waals surface area contributed by atoms with Crippen molar-refractivity contribution < 1.29 is 13.2 Å². The first-order valence-electron chi connectivity index (χ1n) is 8.51. The first kappa shape index (κ1) is 18.0. The summed E-state index contributed by atoms with van der Waals surface area (Å²) in [5.41, 5.74) is 1.83. The first-order valence-corrected chi connectivity index (χ1v) is 8.51. The van der Waals surface area contributed by atoms with Gasteiger partial charge in [-0.25, -0.2) is 0 Å². The maximum atomic E-state index is 14.0. The van der Waals surface area contributed by atoms with Gasteiger partial charge in [0.15, 0.2) is 0 Å². The molecule has 0 bridgehead atoms. The highest BCUT2D eigenvalue weighted by Gasteiger charge is 2.36. The van der Waals surface area contributed by atoms with Crippen LogP contribution in [0.3, 0.4) is 0 Å². The fourth-order valence-corrected chi connectivity index (χ4v) is 3.05. The lowest BCUT2D eigenvalue weighted by Crippen LogP contribution is -2.16.